The van der Waals surface area contributed by atoms with Crippen molar-refractivity contribution in [1.29, 1.82) is 0 Å². The summed E-state index contributed by atoms with van der Waals surface area (Å²) in [4.78, 5) is 0. The van der Waals surface area contributed by atoms with Crippen LogP contribution in [0.15, 0.2) is 22.6 Å². The number of hydrogen-bond donors (Lipinski definition) is 1. The molecule has 1 heterocycles. The molecule has 16 heavy (non-hydrogen) atoms. The maximum absolute atomic E-state index is 5.68. The first-order valence-electron chi connectivity index (χ1n) is 5.97. The highest BCUT2D eigenvalue weighted by Crippen LogP contribution is 2.26. The van der Waals surface area contributed by atoms with E-state index < -0.39 is 0 Å². The molecule has 0 amide bonds. The van der Waals surface area contributed by atoms with Crippen molar-refractivity contribution in [3.8, 4) is 0 Å². The molecule has 2 rings (SSSR count). The first-order chi connectivity index (χ1) is 7.76. The molecular formula is C14H19NO. The van der Waals surface area contributed by atoms with Gasteiger partial charge in [-0.2, -0.15) is 0 Å². The van der Waals surface area contributed by atoms with E-state index in [2.05, 4.69) is 32.0 Å². The van der Waals surface area contributed by atoms with Gasteiger partial charge in [-0.25, -0.2) is 0 Å². The van der Waals surface area contributed by atoms with Gasteiger partial charge in [0, 0.05) is 5.39 Å². The number of hydrogen-bond acceptors (Lipinski definition) is 2. The molecular weight excluding hydrogens is 198 g/mol. The Hall–Kier alpha value is -1.28. The number of aryl methyl sites for hydroxylation is 2. The molecule has 0 aliphatic heterocycles. The fraction of sp³-hybridized carbons (Fsp3) is 0.429. The minimum absolute atomic E-state index is 0.477. The van der Waals surface area contributed by atoms with Gasteiger partial charge in [-0.05, 0) is 43.0 Å². The second-order valence-electron chi connectivity index (χ2n) is 4.29. The Bertz CT molecular complexity index is 485. The molecule has 1 aromatic heterocycles. The second-order valence-corrected chi connectivity index (χ2v) is 4.29. The van der Waals surface area contributed by atoms with Crippen LogP contribution in [0.3, 0.4) is 0 Å². The number of rotatable bonds is 4. The zero-order valence-electron chi connectivity index (χ0n) is 10.0. The molecule has 2 aromatic rings. The lowest BCUT2D eigenvalue weighted by atomic mass is 10.0. The molecule has 2 N–H and O–H groups in total. The standard InChI is InChI=1S/C14H19NO/c1-3-4-5-11-6-7-13-12(8-11)10(2)14(9-15)16-13/h6-8H,3-5,9,15H2,1-2H3. The molecule has 1 aromatic carbocycles. The molecule has 2 nitrogen and oxygen atoms in total. The number of unbranched alkanes of at least 4 members (excludes halogenated alkanes) is 1. The van der Waals surface area contributed by atoms with E-state index in [1.54, 1.807) is 0 Å². The Morgan fingerprint density at radius 3 is 2.81 bits per heavy atom. The lowest BCUT2D eigenvalue weighted by molar-refractivity contribution is 0.548. The van der Waals surface area contributed by atoms with E-state index in [-0.39, 0.29) is 0 Å². The van der Waals surface area contributed by atoms with Crippen molar-refractivity contribution < 1.29 is 4.42 Å². The lowest BCUT2D eigenvalue weighted by Gasteiger charge is -1.99. The monoisotopic (exact) mass is 217 g/mol. The smallest absolute Gasteiger partial charge is 0.134 e. The molecule has 0 saturated heterocycles. The summed E-state index contributed by atoms with van der Waals surface area (Å²) in [5, 5.41) is 1.22. The van der Waals surface area contributed by atoms with Crippen molar-refractivity contribution >= 4 is 11.0 Å². The molecule has 0 aliphatic rings. The molecule has 2 heteroatoms. The highest BCUT2D eigenvalue weighted by atomic mass is 16.3. The third-order valence-corrected chi connectivity index (χ3v) is 3.10. The number of nitrogens with two attached hydrogens (primary N) is 1. The van der Waals surface area contributed by atoms with E-state index in [0.29, 0.717) is 6.54 Å². The third-order valence-electron chi connectivity index (χ3n) is 3.10. The summed E-state index contributed by atoms with van der Waals surface area (Å²) in [6.07, 6.45) is 3.62. The topological polar surface area (TPSA) is 39.2 Å². The van der Waals surface area contributed by atoms with Crippen LogP contribution in [0.1, 0.15) is 36.7 Å². The number of furan rings is 1. The van der Waals surface area contributed by atoms with Gasteiger partial charge >= 0.3 is 0 Å². The van der Waals surface area contributed by atoms with Crippen LogP contribution in [-0.4, -0.2) is 0 Å². The van der Waals surface area contributed by atoms with Gasteiger partial charge in [0.2, 0.25) is 0 Å². The molecule has 0 aliphatic carbocycles. The van der Waals surface area contributed by atoms with E-state index >= 15 is 0 Å². The predicted molar refractivity (Wildman–Crippen MR) is 67.5 cm³/mol. The fourth-order valence-corrected chi connectivity index (χ4v) is 2.05. The van der Waals surface area contributed by atoms with E-state index in [4.69, 9.17) is 10.2 Å². The summed E-state index contributed by atoms with van der Waals surface area (Å²) in [7, 11) is 0. The van der Waals surface area contributed by atoms with Crippen molar-refractivity contribution in [1.82, 2.24) is 0 Å². The molecule has 0 unspecified atom stereocenters. The quantitative estimate of drug-likeness (QED) is 0.850. The van der Waals surface area contributed by atoms with Crippen LogP contribution in [0.2, 0.25) is 0 Å². The molecule has 0 atom stereocenters. The highest BCUT2D eigenvalue weighted by molar-refractivity contribution is 5.82. The van der Waals surface area contributed by atoms with E-state index in [9.17, 15) is 0 Å². The summed E-state index contributed by atoms with van der Waals surface area (Å²) >= 11 is 0. The van der Waals surface area contributed by atoms with Gasteiger partial charge in [-0.1, -0.05) is 19.4 Å². The SMILES string of the molecule is CCCCc1ccc2oc(CN)c(C)c2c1. The zero-order valence-corrected chi connectivity index (χ0v) is 10.0. The molecule has 86 valence electrons. The molecule has 0 radical (unpaired) electrons. The predicted octanol–water partition coefficient (Wildman–Crippen LogP) is 3.54. The average Bonchev–Trinajstić information content (AvgIpc) is 2.63. The van der Waals surface area contributed by atoms with Crippen LogP contribution in [0.5, 0.6) is 0 Å². The fourth-order valence-electron chi connectivity index (χ4n) is 2.05. The first kappa shape index (κ1) is 11.2. The van der Waals surface area contributed by atoms with Gasteiger partial charge in [-0.3, -0.25) is 0 Å². The van der Waals surface area contributed by atoms with Crippen LogP contribution in [0, 0.1) is 6.92 Å². The second kappa shape index (κ2) is 4.71. The Balaban J connectivity index is 2.40. The van der Waals surface area contributed by atoms with Gasteiger partial charge in [-0.15, -0.1) is 0 Å². The minimum atomic E-state index is 0.477. The van der Waals surface area contributed by atoms with Crippen molar-refractivity contribution in [2.75, 3.05) is 0 Å². The highest BCUT2D eigenvalue weighted by Gasteiger charge is 2.09. The number of benzene rings is 1. The van der Waals surface area contributed by atoms with Gasteiger partial charge in [0.15, 0.2) is 0 Å². The molecule has 0 bridgehead atoms. The maximum atomic E-state index is 5.68. The van der Waals surface area contributed by atoms with E-state index in [1.807, 2.05) is 0 Å². The van der Waals surface area contributed by atoms with Gasteiger partial charge in [0.05, 0.1) is 6.54 Å². The molecule has 0 fully saturated rings. The molecule has 0 saturated carbocycles. The van der Waals surface area contributed by atoms with Crippen LogP contribution in [-0.2, 0) is 13.0 Å². The first-order valence-corrected chi connectivity index (χ1v) is 5.97. The van der Waals surface area contributed by atoms with Crippen LogP contribution in [0.25, 0.3) is 11.0 Å². The largest absolute Gasteiger partial charge is 0.459 e. The normalized spacial score (nSPS) is 11.2. The Morgan fingerprint density at radius 1 is 1.31 bits per heavy atom. The van der Waals surface area contributed by atoms with Crippen LogP contribution < -0.4 is 5.73 Å². The van der Waals surface area contributed by atoms with Crippen molar-refractivity contribution in [2.45, 2.75) is 39.7 Å². The maximum Gasteiger partial charge on any atom is 0.134 e. The van der Waals surface area contributed by atoms with Crippen LogP contribution >= 0.6 is 0 Å². The summed E-state index contributed by atoms with van der Waals surface area (Å²) in [6.45, 7) is 4.77. The van der Waals surface area contributed by atoms with Crippen LogP contribution in [0.4, 0.5) is 0 Å². The summed E-state index contributed by atoms with van der Waals surface area (Å²) in [6, 6.07) is 6.46. The van der Waals surface area contributed by atoms with E-state index in [0.717, 1.165) is 17.8 Å². The summed E-state index contributed by atoms with van der Waals surface area (Å²) in [5.74, 6) is 0.905. The Labute approximate surface area is 96.4 Å². The number of fused-ring (bicyclic) bond motifs is 1. The van der Waals surface area contributed by atoms with Crippen molar-refractivity contribution in [2.24, 2.45) is 5.73 Å². The van der Waals surface area contributed by atoms with Crippen molar-refractivity contribution in [3.63, 3.8) is 0 Å². The Morgan fingerprint density at radius 2 is 2.12 bits per heavy atom. The summed E-state index contributed by atoms with van der Waals surface area (Å²) in [5.41, 5.74) is 9.18. The lowest BCUT2D eigenvalue weighted by Crippen LogP contribution is -1.95. The van der Waals surface area contributed by atoms with Gasteiger partial charge in [0.1, 0.15) is 11.3 Å². The van der Waals surface area contributed by atoms with E-state index in [1.165, 1.54) is 29.4 Å². The third kappa shape index (κ3) is 1.98. The average molecular weight is 217 g/mol. The Kier molecular flexibility index (Phi) is 3.30. The minimum Gasteiger partial charge on any atom is -0.459 e. The van der Waals surface area contributed by atoms with Crippen molar-refractivity contribution in [3.05, 3.63) is 35.1 Å². The molecule has 0 spiro atoms. The van der Waals surface area contributed by atoms with Gasteiger partial charge in [0.25, 0.3) is 0 Å². The van der Waals surface area contributed by atoms with Gasteiger partial charge < -0.3 is 10.2 Å². The zero-order chi connectivity index (χ0) is 11.5. The summed E-state index contributed by atoms with van der Waals surface area (Å²) < 4.78 is 5.68.